The Morgan fingerprint density at radius 1 is 0.885 bits per heavy atom. The molecule has 0 saturated heterocycles. The van der Waals surface area contributed by atoms with Crippen molar-refractivity contribution in [2.75, 3.05) is 17.2 Å². The highest BCUT2D eigenvalue weighted by Crippen LogP contribution is 2.21. The molecular formula is C21H24N4O. The van der Waals surface area contributed by atoms with E-state index in [2.05, 4.69) is 51.8 Å². The van der Waals surface area contributed by atoms with E-state index in [0.717, 1.165) is 29.6 Å². The number of aryl methyl sites for hydroxylation is 2. The Morgan fingerprint density at radius 3 is 2.27 bits per heavy atom. The summed E-state index contributed by atoms with van der Waals surface area (Å²) in [7, 11) is 0. The lowest BCUT2D eigenvalue weighted by molar-refractivity contribution is 0.340. The lowest BCUT2D eigenvalue weighted by Crippen LogP contribution is -2.05. The van der Waals surface area contributed by atoms with Crippen LogP contribution >= 0.6 is 0 Å². The first-order valence-corrected chi connectivity index (χ1v) is 8.77. The van der Waals surface area contributed by atoms with Gasteiger partial charge in [0.25, 0.3) is 0 Å². The second kappa shape index (κ2) is 8.34. The maximum Gasteiger partial charge on any atom is 0.136 e. The van der Waals surface area contributed by atoms with Crippen molar-refractivity contribution in [2.24, 2.45) is 0 Å². The van der Waals surface area contributed by atoms with Crippen LogP contribution < -0.4 is 15.4 Å². The third-order valence-corrected chi connectivity index (χ3v) is 3.87. The SMILES string of the molecule is CCOc1ccc(Nc2cc(NCc3ccc(C)cc3)nc(C)n2)cc1. The minimum Gasteiger partial charge on any atom is -0.494 e. The van der Waals surface area contributed by atoms with Crippen molar-refractivity contribution in [3.05, 3.63) is 71.5 Å². The maximum atomic E-state index is 5.47. The predicted molar refractivity (Wildman–Crippen MR) is 106 cm³/mol. The number of rotatable bonds is 7. The van der Waals surface area contributed by atoms with Crippen LogP contribution in [-0.2, 0) is 6.54 Å². The summed E-state index contributed by atoms with van der Waals surface area (Å²) < 4.78 is 5.47. The molecule has 134 valence electrons. The van der Waals surface area contributed by atoms with E-state index >= 15 is 0 Å². The molecule has 0 aliphatic rings. The van der Waals surface area contributed by atoms with Gasteiger partial charge in [-0.15, -0.1) is 0 Å². The number of aromatic nitrogens is 2. The number of nitrogens with zero attached hydrogens (tertiary/aromatic N) is 2. The number of hydrogen-bond donors (Lipinski definition) is 2. The van der Waals surface area contributed by atoms with Crippen molar-refractivity contribution in [2.45, 2.75) is 27.3 Å². The van der Waals surface area contributed by atoms with E-state index in [4.69, 9.17) is 4.74 Å². The predicted octanol–water partition coefficient (Wildman–Crippen LogP) is 4.85. The Kier molecular flexibility index (Phi) is 5.69. The first kappa shape index (κ1) is 17.7. The third-order valence-electron chi connectivity index (χ3n) is 3.87. The first-order valence-electron chi connectivity index (χ1n) is 8.77. The summed E-state index contributed by atoms with van der Waals surface area (Å²) in [6, 6.07) is 18.2. The minimum atomic E-state index is 0.661. The van der Waals surface area contributed by atoms with Crippen LogP contribution in [0, 0.1) is 13.8 Å². The van der Waals surface area contributed by atoms with Gasteiger partial charge in [-0.1, -0.05) is 29.8 Å². The number of anilines is 3. The molecule has 5 nitrogen and oxygen atoms in total. The Bertz CT molecular complexity index is 845. The highest BCUT2D eigenvalue weighted by atomic mass is 16.5. The Labute approximate surface area is 154 Å². The van der Waals surface area contributed by atoms with Crippen LogP contribution in [0.1, 0.15) is 23.9 Å². The van der Waals surface area contributed by atoms with Crippen LogP contribution in [0.5, 0.6) is 5.75 Å². The van der Waals surface area contributed by atoms with E-state index in [-0.39, 0.29) is 0 Å². The lowest BCUT2D eigenvalue weighted by atomic mass is 10.1. The normalized spacial score (nSPS) is 10.4. The zero-order chi connectivity index (χ0) is 18.4. The van der Waals surface area contributed by atoms with Gasteiger partial charge in [-0.05, 0) is 50.6 Å². The molecule has 0 aliphatic heterocycles. The fraction of sp³-hybridized carbons (Fsp3) is 0.238. The summed E-state index contributed by atoms with van der Waals surface area (Å²) in [5, 5.41) is 6.68. The van der Waals surface area contributed by atoms with Crippen LogP contribution in [0.15, 0.2) is 54.6 Å². The molecule has 0 atom stereocenters. The molecular weight excluding hydrogens is 324 g/mol. The van der Waals surface area contributed by atoms with Gasteiger partial charge in [0, 0.05) is 18.3 Å². The average Bonchev–Trinajstić information content (AvgIpc) is 2.63. The summed E-state index contributed by atoms with van der Waals surface area (Å²) >= 11 is 0. The van der Waals surface area contributed by atoms with E-state index in [1.807, 2.05) is 44.2 Å². The van der Waals surface area contributed by atoms with Crippen molar-refractivity contribution in [1.29, 1.82) is 0 Å². The molecule has 2 aromatic carbocycles. The second-order valence-electron chi connectivity index (χ2n) is 6.11. The van der Waals surface area contributed by atoms with E-state index in [9.17, 15) is 0 Å². The van der Waals surface area contributed by atoms with Crippen molar-refractivity contribution in [3.63, 3.8) is 0 Å². The molecule has 0 aliphatic carbocycles. The molecule has 0 spiro atoms. The zero-order valence-corrected chi connectivity index (χ0v) is 15.4. The Hall–Kier alpha value is -3.08. The molecule has 5 heteroatoms. The number of hydrogen-bond acceptors (Lipinski definition) is 5. The topological polar surface area (TPSA) is 59.1 Å². The average molecular weight is 348 g/mol. The van der Waals surface area contributed by atoms with Gasteiger partial charge in [-0.2, -0.15) is 0 Å². The zero-order valence-electron chi connectivity index (χ0n) is 15.4. The summed E-state index contributed by atoms with van der Waals surface area (Å²) in [5.74, 6) is 3.13. The molecule has 0 fully saturated rings. The standard InChI is InChI=1S/C21H24N4O/c1-4-26-19-11-9-18(10-12-19)25-21-13-20(23-16(3)24-21)22-14-17-7-5-15(2)6-8-17/h5-13H,4,14H2,1-3H3,(H2,22,23,24,25). The molecule has 2 N–H and O–H groups in total. The smallest absolute Gasteiger partial charge is 0.136 e. The fourth-order valence-corrected chi connectivity index (χ4v) is 2.57. The van der Waals surface area contributed by atoms with Crippen LogP contribution in [0.4, 0.5) is 17.3 Å². The van der Waals surface area contributed by atoms with Gasteiger partial charge < -0.3 is 15.4 Å². The molecule has 26 heavy (non-hydrogen) atoms. The lowest BCUT2D eigenvalue weighted by Gasteiger charge is -2.11. The number of ether oxygens (including phenoxy) is 1. The van der Waals surface area contributed by atoms with Gasteiger partial charge >= 0.3 is 0 Å². The van der Waals surface area contributed by atoms with Crippen LogP contribution in [0.25, 0.3) is 0 Å². The van der Waals surface area contributed by atoms with E-state index in [0.29, 0.717) is 12.4 Å². The van der Waals surface area contributed by atoms with Crippen molar-refractivity contribution < 1.29 is 4.74 Å². The summed E-state index contributed by atoms with van der Waals surface area (Å²) in [4.78, 5) is 8.93. The largest absolute Gasteiger partial charge is 0.494 e. The molecule has 3 rings (SSSR count). The van der Waals surface area contributed by atoms with Crippen molar-refractivity contribution >= 4 is 17.3 Å². The molecule has 0 radical (unpaired) electrons. The van der Waals surface area contributed by atoms with Crippen LogP contribution in [0.3, 0.4) is 0 Å². The molecule has 3 aromatic rings. The van der Waals surface area contributed by atoms with Gasteiger partial charge in [0.15, 0.2) is 0 Å². The summed E-state index contributed by atoms with van der Waals surface area (Å²) in [6.07, 6.45) is 0. The molecule has 0 amide bonds. The highest BCUT2D eigenvalue weighted by molar-refractivity contribution is 5.60. The maximum absolute atomic E-state index is 5.47. The van der Waals surface area contributed by atoms with Gasteiger partial charge in [0.05, 0.1) is 6.61 Å². The van der Waals surface area contributed by atoms with Gasteiger partial charge in [-0.3, -0.25) is 0 Å². The van der Waals surface area contributed by atoms with Gasteiger partial charge in [-0.25, -0.2) is 9.97 Å². The first-order chi connectivity index (χ1) is 12.6. The quantitative estimate of drug-likeness (QED) is 0.639. The van der Waals surface area contributed by atoms with Gasteiger partial charge in [0.1, 0.15) is 23.2 Å². The molecule has 0 unspecified atom stereocenters. The molecule has 1 heterocycles. The Balaban J connectivity index is 1.67. The Morgan fingerprint density at radius 2 is 1.58 bits per heavy atom. The summed E-state index contributed by atoms with van der Waals surface area (Å²) in [6.45, 7) is 7.33. The van der Waals surface area contributed by atoms with Crippen LogP contribution in [-0.4, -0.2) is 16.6 Å². The minimum absolute atomic E-state index is 0.661. The molecule has 1 aromatic heterocycles. The number of nitrogens with one attached hydrogen (secondary N) is 2. The van der Waals surface area contributed by atoms with Crippen molar-refractivity contribution in [1.82, 2.24) is 9.97 Å². The van der Waals surface area contributed by atoms with Crippen molar-refractivity contribution in [3.8, 4) is 5.75 Å². The van der Waals surface area contributed by atoms with E-state index < -0.39 is 0 Å². The molecule has 0 bridgehead atoms. The van der Waals surface area contributed by atoms with E-state index in [1.165, 1.54) is 11.1 Å². The number of benzene rings is 2. The third kappa shape index (κ3) is 4.96. The highest BCUT2D eigenvalue weighted by Gasteiger charge is 2.03. The monoisotopic (exact) mass is 348 g/mol. The van der Waals surface area contributed by atoms with E-state index in [1.54, 1.807) is 0 Å². The second-order valence-corrected chi connectivity index (χ2v) is 6.11. The van der Waals surface area contributed by atoms with Gasteiger partial charge in [0.2, 0.25) is 0 Å². The summed E-state index contributed by atoms with van der Waals surface area (Å²) in [5.41, 5.74) is 3.43. The fourth-order valence-electron chi connectivity index (χ4n) is 2.57. The van der Waals surface area contributed by atoms with Crippen LogP contribution in [0.2, 0.25) is 0 Å². The molecule has 0 saturated carbocycles.